The molecule has 1 heterocycles. The van der Waals surface area contributed by atoms with Crippen molar-refractivity contribution in [1.82, 2.24) is 5.32 Å². The topological polar surface area (TPSA) is 58.6 Å². The molecule has 0 radical (unpaired) electrons. The van der Waals surface area contributed by atoms with Gasteiger partial charge in [-0.3, -0.25) is 4.79 Å². The Labute approximate surface area is 113 Å². The molecule has 0 aromatic heterocycles. The van der Waals surface area contributed by atoms with Gasteiger partial charge in [-0.2, -0.15) is 0 Å². The van der Waals surface area contributed by atoms with E-state index in [1.165, 1.54) is 11.1 Å². The van der Waals surface area contributed by atoms with Gasteiger partial charge in [-0.05, 0) is 43.0 Å². The Bertz CT molecular complexity index is 445. The molecule has 0 aliphatic carbocycles. The largest absolute Gasteiger partial charge is 0.493 e. The summed E-state index contributed by atoms with van der Waals surface area (Å²) < 4.78 is 5.58. The van der Waals surface area contributed by atoms with Crippen LogP contribution < -0.4 is 10.1 Å². The predicted molar refractivity (Wildman–Crippen MR) is 73.4 cm³/mol. The average Bonchev–Trinajstić information content (AvgIpc) is 2.43. The lowest BCUT2D eigenvalue weighted by Gasteiger charge is -2.18. The molecule has 1 aliphatic heterocycles. The van der Waals surface area contributed by atoms with E-state index in [2.05, 4.69) is 17.4 Å². The van der Waals surface area contributed by atoms with Gasteiger partial charge in [-0.1, -0.05) is 19.1 Å². The molecule has 1 aromatic rings. The minimum absolute atomic E-state index is 0.288. The Hall–Kier alpha value is -1.55. The number of carboxylic acid groups (broad SMARTS) is 1. The number of carbonyl (C=O) groups is 1. The van der Waals surface area contributed by atoms with E-state index in [4.69, 9.17) is 9.84 Å². The quantitative estimate of drug-likeness (QED) is 0.773. The lowest BCUT2D eigenvalue weighted by atomic mass is 10.0. The van der Waals surface area contributed by atoms with Crippen molar-refractivity contribution in [3.05, 3.63) is 29.3 Å². The van der Waals surface area contributed by atoms with Gasteiger partial charge in [-0.25, -0.2) is 0 Å². The minimum atomic E-state index is -0.729. The second-order valence-electron chi connectivity index (χ2n) is 5.10. The maximum absolute atomic E-state index is 10.7. The molecular weight excluding hydrogens is 242 g/mol. The number of ether oxygens (including phenoxy) is 1. The second kappa shape index (κ2) is 6.57. The van der Waals surface area contributed by atoms with Crippen molar-refractivity contribution in [2.45, 2.75) is 32.7 Å². The van der Waals surface area contributed by atoms with Crippen molar-refractivity contribution in [1.29, 1.82) is 0 Å². The van der Waals surface area contributed by atoms with Crippen LogP contribution in [-0.4, -0.2) is 24.2 Å². The van der Waals surface area contributed by atoms with Crippen LogP contribution in [0, 0.1) is 5.92 Å². The highest BCUT2D eigenvalue weighted by molar-refractivity contribution is 5.69. The zero-order chi connectivity index (χ0) is 13.7. The molecule has 1 aromatic carbocycles. The molecule has 0 bridgehead atoms. The van der Waals surface area contributed by atoms with Crippen LogP contribution in [0.5, 0.6) is 5.75 Å². The van der Waals surface area contributed by atoms with Crippen LogP contribution in [0.1, 0.15) is 30.9 Å². The van der Waals surface area contributed by atoms with Gasteiger partial charge in [-0.15, -0.1) is 0 Å². The van der Waals surface area contributed by atoms with E-state index < -0.39 is 5.97 Å². The summed E-state index contributed by atoms with van der Waals surface area (Å²) in [6, 6.07) is 6.28. The van der Waals surface area contributed by atoms with Gasteiger partial charge in [0.15, 0.2) is 0 Å². The highest BCUT2D eigenvalue weighted by Gasteiger charge is 2.11. The summed E-state index contributed by atoms with van der Waals surface area (Å²) in [6.45, 7) is 4.05. The molecule has 2 rings (SSSR count). The molecule has 19 heavy (non-hydrogen) atoms. The number of fused-ring (bicyclic) bond motifs is 1. The van der Waals surface area contributed by atoms with Gasteiger partial charge in [0.25, 0.3) is 0 Å². The Balaban J connectivity index is 1.78. The normalized spacial score (nSPS) is 15.4. The third-order valence-corrected chi connectivity index (χ3v) is 3.48. The zero-order valence-electron chi connectivity index (χ0n) is 11.3. The van der Waals surface area contributed by atoms with Gasteiger partial charge in [0.2, 0.25) is 0 Å². The summed E-state index contributed by atoms with van der Waals surface area (Å²) in [5, 5.41) is 12.1. The number of aliphatic carboxylic acids is 1. The number of rotatable bonds is 6. The van der Waals surface area contributed by atoms with Gasteiger partial charge in [0.05, 0.1) is 12.5 Å². The van der Waals surface area contributed by atoms with Crippen LogP contribution in [-0.2, 0) is 17.8 Å². The van der Waals surface area contributed by atoms with Crippen molar-refractivity contribution in [2.24, 2.45) is 5.92 Å². The van der Waals surface area contributed by atoms with Gasteiger partial charge in [0.1, 0.15) is 5.75 Å². The molecule has 0 spiro atoms. The van der Waals surface area contributed by atoms with Gasteiger partial charge < -0.3 is 15.2 Å². The molecular formula is C15H21NO3. The standard InChI is InChI=1S/C15H21NO3/c1-11(15(17)18)6-7-16-10-12-4-5-14-13(9-12)3-2-8-19-14/h4-5,9,11,16H,2-3,6-8,10H2,1H3,(H,17,18). The summed E-state index contributed by atoms with van der Waals surface area (Å²) in [5.74, 6) is -0.00772. The first-order chi connectivity index (χ1) is 9.16. The molecule has 1 unspecified atom stereocenters. The Morgan fingerprint density at radius 2 is 2.37 bits per heavy atom. The molecule has 4 nitrogen and oxygen atoms in total. The molecule has 2 N–H and O–H groups in total. The maximum atomic E-state index is 10.7. The van der Waals surface area contributed by atoms with Gasteiger partial charge >= 0.3 is 5.97 Å². The average molecular weight is 263 g/mol. The Morgan fingerprint density at radius 1 is 1.53 bits per heavy atom. The predicted octanol–water partition coefficient (Wildman–Crippen LogP) is 2.21. The van der Waals surface area contributed by atoms with E-state index in [9.17, 15) is 4.79 Å². The molecule has 0 saturated heterocycles. The van der Waals surface area contributed by atoms with E-state index in [0.29, 0.717) is 6.42 Å². The van der Waals surface area contributed by atoms with Crippen LogP contribution in [0.4, 0.5) is 0 Å². The van der Waals surface area contributed by atoms with Crippen LogP contribution in [0.15, 0.2) is 18.2 Å². The SMILES string of the molecule is CC(CCNCc1ccc2c(c1)CCCO2)C(=O)O. The number of nitrogens with one attached hydrogen (secondary N) is 1. The summed E-state index contributed by atoms with van der Waals surface area (Å²) in [4.78, 5) is 10.7. The summed E-state index contributed by atoms with van der Waals surface area (Å²) in [5.41, 5.74) is 2.51. The van der Waals surface area contributed by atoms with Crippen molar-refractivity contribution in [2.75, 3.05) is 13.2 Å². The third-order valence-electron chi connectivity index (χ3n) is 3.48. The molecule has 1 aliphatic rings. The van der Waals surface area contributed by atoms with Gasteiger partial charge in [0, 0.05) is 6.54 Å². The number of hydrogen-bond donors (Lipinski definition) is 2. The van der Waals surface area contributed by atoms with Crippen molar-refractivity contribution < 1.29 is 14.6 Å². The Morgan fingerprint density at radius 3 is 3.16 bits per heavy atom. The second-order valence-corrected chi connectivity index (χ2v) is 5.10. The molecule has 1 atom stereocenters. The van der Waals surface area contributed by atoms with E-state index in [0.717, 1.165) is 38.3 Å². The monoisotopic (exact) mass is 263 g/mol. The summed E-state index contributed by atoms with van der Waals surface area (Å²) >= 11 is 0. The first-order valence-electron chi connectivity index (χ1n) is 6.85. The fourth-order valence-electron chi connectivity index (χ4n) is 2.20. The first kappa shape index (κ1) is 13.9. The highest BCUT2D eigenvalue weighted by Crippen LogP contribution is 2.25. The smallest absolute Gasteiger partial charge is 0.306 e. The fourth-order valence-corrected chi connectivity index (χ4v) is 2.20. The highest BCUT2D eigenvalue weighted by atomic mass is 16.5. The summed E-state index contributed by atoms with van der Waals surface area (Å²) in [7, 11) is 0. The van der Waals surface area contributed by atoms with E-state index in [1.807, 2.05) is 6.07 Å². The van der Waals surface area contributed by atoms with Crippen LogP contribution >= 0.6 is 0 Å². The lowest BCUT2D eigenvalue weighted by molar-refractivity contribution is -0.141. The van der Waals surface area contributed by atoms with E-state index in [1.54, 1.807) is 6.92 Å². The zero-order valence-corrected chi connectivity index (χ0v) is 11.3. The van der Waals surface area contributed by atoms with Crippen LogP contribution in [0.3, 0.4) is 0 Å². The first-order valence-corrected chi connectivity index (χ1v) is 6.85. The van der Waals surface area contributed by atoms with Crippen LogP contribution in [0.25, 0.3) is 0 Å². The molecule has 4 heteroatoms. The van der Waals surface area contributed by atoms with Crippen molar-refractivity contribution in [3.63, 3.8) is 0 Å². The van der Waals surface area contributed by atoms with E-state index >= 15 is 0 Å². The molecule has 0 saturated carbocycles. The Kier molecular flexibility index (Phi) is 4.80. The van der Waals surface area contributed by atoms with E-state index in [-0.39, 0.29) is 5.92 Å². The lowest BCUT2D eigenvalue weighted by Crippen LogP contribution is -2.20. The number of aryl methyl sites for hydroxylation is 1. The molecule has 0 amide bonds. The van der Waals surface area contributed by atoms with Crippen molar-refractivity contribution >= 4 is 5.97 Å². The fraction of sp³-hybridized carbons (Fsp3) is 0.533. The van der Waals surface area contributed by atoms with Crippen LogP contribution in [0.2, 0.25) is 0 Å². The molecule has 0 fully saturated rings. The number of carboxylic acids is 1. The number of hydrogen-bond acceptors (Lipinski definition) is 3. The maximum Gasteiger partial charge on any atom is 0.306 e. The third kappa shape index (κ3) is 3.96. The number of benzene rings is 1. The minimum Gasteiger partial charge on any atom is -0.493 e. The molecule has 104 valence electrons. The summed E-state index contributed by atoms with van der Waals surface area (Å²) in [6.07, 6.45) is 2.82. The van der Waals surface area contributed by atoms with Crippen molar-refractivity contribution in [3.8, 4) is 5.75 Å².